The molecule has 1 atom stereocenters. The number of hydrogen-bond donors (Lipinski definition) is 3. The number of amides is 3. The van der Waals surface area contributed by atoms with Crippen LogP contribution in [0, 0.1) is 6.92 Å². The molecule has 9 nitrogen and oxygen atoms in total. The first-order valence-corrected chi connectivity index (χ1v) is 11.5. The van der Waals surface area contributed by atoms with Crippen molar-refractivity contribution in [3.63, 3.8) is 0 Å². The summed E-state index contributed by atoms with van der Waals surface area (Å²) < 4.78 is 16.4. The number of allylic oxidation sites excluding steroid dienone is 1. The number of nitrogens with one attached hydrogen (secondary N) is 3. The molecule has 0 spiro atoms. The standard InChI is InChI=1S/C26H31N3O6/c1-5-7-19-23(25(31)34-6-2)24(29-26(32)28-19)17-10-13-20(21(14-17)33-4)35-15-22(30)27-18-11-8-16(3)9-12-18/h8-14,24H,5-7,15H2,1-4H3,(H,27,30)(H2,28,29,32). The van der Waals surface area contributed by atoms with Gasteiger partial charge in [0, 0.05) is 11.4 Å². The van der Waals surface area contributed by atoms with Crippen LogP contribution in [-0.2, 0) is 14.3 Å². The van der Waals surface area contributed by atoms with Crippen LogP contribution in [0.25, 0.3) is 0 Å². The second-order valence-corrected chi connectivity index (χ2v) is 8.01. The number of esters is 1. The van der Waals surface area contributed by atoms with E-state index >= 15 is 0 Å². The van der Waals surface area contributed by atoms with Gasteiger partial charge in [-0.2, -0.15) is 0 Å². The highest BCUT2D eigenvalue weighted by molar-refractivity contribution is 5.95. The number of benzene rings is 2. The monoisotopic (exact) mass is 481 g/mol. The quantitative estimate of drug-likeness (QED) is 0.442. The van der Waals surface area contributed by atoms with Crippen molar-refractivity contribution in [3.05, 3.63) is 64.9 Å². The molecule has 0 radical (unpaired) electrons. The predicted octanol–water partition coefficient (Wildman–Crippen LogP) is 3.99. The highest BCUT2D eigenvalue weighted by Crippen LogP contribution is 2.35. The van der Waals surface area contributed by atoms with E-state index in [4.69, 9.17) is 14.2 Å². The van der Waals surface area contributed by atoms with Gasteiger partial charge in [-0.05, 0) is 50.1 Å². The molecule has 2 aromatic carbocycles. The zero-order valence-electron chi connectivity index (χ0n) is 20.4. The van der Waals surface area contributed by atoms with Crippen LogP contribution in [0.5, 0.6) is 11.5 Å². The number of hydrogen-bond acceptors (Lipinski definition) is 6. The molecule has 0 aromatic heterocycles. The Kier molecular flexibility index (Phi) is 8.72. The third-order valence-electron chi connectivity index (χ3n) is 5.36. The normalized spacial score (nSPS) is 15.1. The molecule has 3 N–H and O–H groups in total. The molecule has 1 aliphatic rings. The molecule has 3 amide bonds. The number of rotatable bonds is 10. The lowest BCUT2D eigenvalue weighted by atomic mass is 9.93. The minimum atomic E-state index is -0.725. The molecule has 186 valence electrons. The first kappa shape index (κ1) is 25.6. The Morgan fingerprint density at radius 2 is 1.80 bits per heavy atom. The van der Waals surface area contributed by atoms with Gasteiger partial charge >= 0.3 is 12.0 Å². The molecular formula is C26H31N3O6. The average molecular weight is 482 g/mol. The van der Waals surface area contributed by atoms with Gasteiger partial charge in [-0.25, -0.2) is 9.59 Å². The predicted molar refractivity (Wildman–Crippen MR) is 131 cm³/mol. The number of carbonyl (C=O) groups is 3. The second-order valence-electron chi connectivity index (χ2n) is 8.01. The summed E-state index contributed by atoms with van der Waals surface area (Å²) in [6.45, 7) is 5.65. The summed E-state index contributed by atoms with van der Waals surface area (Å²) in [5.74, 6) is -0.104. The number of ether oxygens (including phenoxy) is 3. The molecule has 3 rings (SSSR count). The van der Waals surface area contributed by atoms with Crippen molar-refractivity contribution in [1.29, 1.82) is 0 Å². The maximum absolute atomic E-state index is 12.8. The van der Waals surface area contributed by atoms with Crippen LogP contribution in [0.2, 0.25) is 0 Å². The molecule has 1 unspecified atom stereocenters. The maximum Gasteiger partial charge on any atom is 0.338 e. The van der Waals surface area contributed by atoms with E-state index in [0.29, 0.717) is 40.4 Å². The Hall–Kier alpha value is -4.01. The summed E-state index contributed by atoms with van der Waals surface area (Å²) in [6.07, 6.45) is 1.26. The van der Waals surface area contributed by atoms with Crippen molar-refractivity contribution < 1.29 is 28.6 Å². The van der Waals surface area contributed by atoms with E-state index in [1.165, 1.54) is 7.11 Å². The van der Waals surface area contributed by atoms with Crippen LogP contribution < -0.4 is 25.4 Å². The van der Waals surface area contributed by atoms with Crippen LogP contribution in [0.3, 0.4) is 0 Å². The average Bonchev–Trinajstić information content (AvgIpc) is 2.84. The summed E-state index contributed by atoms with van der Waals surface area (Å²) in [7, 11) is 1.48. The number of urea groups is 1. The van der Waals surface area contributed by atoms with Crippen molar-refractivity contribution >= 4 is 23.6 Å². The van der Waals surface area contributed by atoms with Crippen LogP contribution in [0.15, 0.2) is 53.7 Å². The van der Waals surface area contributed by atoms with E-state index in [-0.39, 0.29) is 19.1 Å². The zero-order valence-corrected chi connectivity index (χ0v) is 20.4. The van der Waals surface area contributed by atoms with Gasteiger partial charge in [0.2, 0.25) is 0 Å². The Morgan fingerprint density at radius 1 is 1.06 bits per heavy atom. The van der Waals surface area contributed by atoms with Crippen LogP contribution in [-0.4, -0.2) is 38.2 Å². The van der Waals surface area contributed by atoms with Crippen LogP contribution >= 0.6 is 0 Å². The fourth-order valence-electron chi connectivity index (χ4n) is 3.73. The lowest BCUT2D eigenvalue weighted by Crippen LogP contribution is -2.46. The summed E-state index contributed by atoms with van der Waals surface area (Å²) >= 11 is 0. The molecule has 35 heavy (non-hydrogen) atoms. The van der Waals surface area contributed by atoms with Crippen molar-refractivity contribution in [1.82, 2.24) is 10.6 Å². The number of anilines is 1. The first-order valence-electron chi connectivity index (χ1n) is 11.5. The molecule has 0 aliphatic carbocycles. The van der Waals surface area contributed by atoms with Crippen LogP contribution in [0.1, 0.15) is 43.9 Å². The van der Waals surface area contributed by atoms with E-state index in [1.54, 1.807) is 25.1 Å². The van der Waals surface area contributed by atoms with Gasteiger partial charge in [-0.15, -0.1) is 0 Å². The van der Waals surface area contributed by atoms with Gasteiger partial charge in [0.05, 0.1) is 25.3 Å². The van der Waals surface area contributed by atoms with E-state index in [0.717, 1.165) is 12.0 Å². The summed E-state index contributed by atoms with van der Waals surface area (Å²) in [4.78, 5) is 37.4. The van der Waals surface area contributed by atoms with Crippen molar-refractivity contribution in [2.75, 3.05) is 25.6 Å². The molecule has 0 fully saturated rings. The number of carbonyl (C=O) groups excluding carboxylic acids is 3. The van der Waals surface area contributed by atoms with E-state index in [1.807, 2.05) is 38.1 Å². The number of methoxy groups -OCH3 is 1. The Balaban J connectivity index is 1.80. The van der Waals surface area contributed by atoms with Gasteiger partial charge in [0.15, 0.2) is 18.1 Å². The van der Waals surface area contributed by atoms with E-state index in [2.05, 4.69) is 16.0 Å². The van der Waals surface area contributed by atoms with Gasteiger partial charge in [-0.3, -0.25) is 4.79 Å². The van der Waals surface area contributed by atoms with Gasteiger partial charge in [0.1, 0.15) is 0 Å². The highest BCUT2D eigenvalue weighted by Gasteiger charge is 2.33. The smallest absolute Gasteiger partial charge is 0.338 e. The maximum atomic E-state index is 12.8. The molecular weight excluding hydrogens is 450 g/mol. The topological polar surface area (TPSA) is 115 Å². The summed E-state index contributed by atoms with van der Waals surface area (Å²) in [5, 5.41) is 8.30. The lowest BCUT2D eigenvalue weighted by Gasteiger charge is -2.29. The molecule has 9 heteroatoms. The highest BCUT2D eigenvalue weighted by atomic mass is 16.5. The molecule has 0 bridgehead atoms. The molecule has 1 aliphatic heterocycles. The minimum absolute atomic E-state index is 0.211. The Bertz CT molecular complexity index is 1110. The van der Waals surface area contributed by atoms with E-state index < -0.39 is 18.0 Å². The lowest BCUT2D eigenvalue weighted by molar-refractivity contribution is -0.139. The summed E-state index contributed by atoms with van der Waals surface area (Å²) in [6, 6.07) is 11.3. The molecule has 0 saturated carbocycles. The van der Waals surface area contributed by atoms with Crippen molar-refractivity contribution in [3.8, 4) is 11.5 Å². The summed E-state index contributed by atoms with van der Waals surface area (Å²) in [5.41, 5.74) is 3.27. The third kappa shape index (κ3) is 6.53. The Labute approximate surface area is 204 Å². The minimum Gasteiger partial charge on any atom is -0.493 e. The third-order valence-corrected chi connectivity index (χ3v) is 5.36. The van der Waals surface area contributed by atoms with Crippen LogP contribution in [0.4, 0.5) is 10.5 Å². The SMILES string of the molecule is CCCC1=C(C(=O)OCC)C(c2ccc(OCC(=O)Nc3ccc(C)cc3)c(OC)c2)NC(=O)N1. The van der Waals surface area contributed by atoms with Crippen molar-refractivity contribution in [2.24, 2.45) is 0 Å². The molecule has 0 saturated heterocycles. The zero-order chi connectivity index (χ0) is 25.4. The fourth-order valence-corrected chi connectivity index (χ4v) is 3.73. The van der Waals surface area contributed by atoms with Gasteiger partial charge in [0.25, 0.3) is 5.91 Å². The first-order chi connectivity index (χ1) is 16.9. The number of aryl methyl sites for hydroxylation is 1. The van der Waals surface area contributed by atoms with E-state index in [9.17, 15) is 14.4 Å². The van der Waals surface area contributed by atoms with Gasteiger partial charge in [-0.1, -0.05) is 37.1 Å². The van der Waals surface area contributed by atoms with Gasteiger partial charge < -0.3 is 30.2 Å². The molecule has 2 aromatic rings. The fraction of sp³-hybridized carbons (Fsp3) is 0.346. The second kappa shape index (κ2) is 11.9. The largest absolute Gasteiger partial charge is 0.493 e. The Morgan fingerprint density at radius 3 is 2.46 bits per heavy atom. The van der Waals surface area contributed by atoms with Crippen molar-refractivity contribution in [2.45, 2.75) is 39.7 Å². The molecule has 1 heterocycles.